The zero-order chi connectivity index (χ0) is 50.4. The van der Waals surface area contributed by atoms with Gasteiger partial charge in [-0.1, -0.05) is 19.1 Å². The third-order valence-electron chi connectivity index (χ3n) is 12.6. The number of aliphatic hydroxyl groups excluding tert-OH is 1. The van der Waals surface area contributed by atoms with Crippen LogP contribution >= 0.6 is 0 Å². The monoisotopic (exact) mass is 962 g/mol. The van der Waals surface area contributed by atoms with Gasteiger partial charge in [-0.2, -0.15) is 0 Å². The number of hydrogen-bond acceptors (Lipinski definition) is 16. The number of benzene rings is 4. The van der Waals surface area contributed by atoms with Crippen LogP contribution in [0.4, 0.5) is 0 Å². The Bertz CT molecular complexity index is 3190. The second-order valence-electron chi connectivity index (χ2n) is 18.8. The van der Waals surface area contributed by atoms with Crippen LogP contribution in [0.2, 0.25) is 0 Å². The van der Waals surface area contributed by atoms with E-state index >= 15 is 0 Å². The minimum atomic E-state index is -0.653. The SMILES string of the molecule is COc1c(O)cc2oc(-c3cc4c(c(CCC(C)COCC(CO)CCc5cc(-c6oc7cc(O)c(OC)c(O)c7c(=O)c6OC)cc6c5OC(C)(C)C=C6)c3)OC(C)(C)C=C4)c(OC)c(=O)c2c1O. The van der Waals surface area contributed by atoms with Crippen LogP contribution < -0.4 is 39.3 Å². The molecule has 2 aliphatic heterocycles. The van der Waals surface area contributed by atoms with Crippen molar-refractivity contribution in [2.45, 2.75) is 71.5 Å². The molecule has 8 rings (SSSR count). The molecule has 5 N–H and O–H groups in total. The molecule has 6 aromatic rings. The lowest BCUT2D eigenvalue weighted by Gasteiger charge is -2.30. The van der Waals surface area contributed by atoms with Crippen LogP contribution in [0.1, 0.15) is 69.7 Å². The molecule has 16 nitrogen and oxygen atoms in total. The molecule has 70 heavy (non-hydrogen) atoms. The van der Waals surface area contributed by atoms with Crippen LogP contribution in [0.5, 0.6) is 57.5 Å². The molecule has 2 aromatic heterocycles. The maximum absolute atomic E-state index is 13.8. The molecule has 2 atom stereocenters. The first-order valence-corrected chi connectivity index (χ1v) is 22.9. The normalized spacial score (nSPS) is 15.2. The molecule has 370 valence electrons. The summed E-state index contributed by atoms with van der Waals surface area (Å²) in [6.07, 6.45) is 10.0. The molecule has 2 aliphatic rings. The summed E-state index contributed by atoms with van der Waals surface area (Å²) in [4.78, 5) is 27.5. The molecule has 16 heteroatoms. The van der Waals surface area contributed by atoms with E-state index in [1.807, 2.05) is 76.3 Å². The van der Waals surface area contributed by atoms with Gasteiger partial charge in [0.15, 0.2) is 34.5 Å². The smallest absolute Gasteiger partial charge is 0.239 e. The summed E-state index contributed by atoms with van der Waals surface area (Å²) in [7, 11) is 5.20. The van der Waals surface area contributed by atoms with Gasteiger partial charge in [0, 0.05) is 53.5 Å². The first-order valence-electron chi connectivity index (χ1n) is 22.9. The summed E-state index contributed by atoms with van der Waals surface area (Å²) in [6.45, 7) is 10.5. The van der Waals surface area contributed by atoms with Gasteiger partial charge in [0.1, 0.15) is 44.6 Å². The Morgan fingerprint density at radius 2 is 1.01 bits per heavy atom. The number of ether oxygens (including phenoxy) is 7. The fourth-order valence-corrected chi connectivity index (χ4v) is 8.97. The van der Waals surface area contributed by atoms with Crippen molar-refractivity contribution in [2.75, 3.05) is 48.3 Å². The van der Waals surface area contributed by atoms with Crippen molar-refractivity contribution in [2.24, 2.45) is 11.8 Å². The number of methoxy groups -OCH3 is 4. The van der Waals surface area contributed by atoms with Gasteiger partial charge in [0.05, 0.1) is 35.0 Å². The average Bonchev–Trinajstić information content (AvgIpc) is 3.31. The molecule has 2 unspecified atom stereocenters. The van der Waals surface area contributed by atoms with E-state index in [9.17, 15) is 35.1 Å². The van der Waals surface area contributed by atoms with Gasteiger partial charge in [-0.05, 0) is 107 Å². The second kappa shape index (κ2) is 19.2. The zero-order valence-corrected chi connectivity index (χ0v) is 40.6. The predicted octanol–water partition coefficient (Wildman–Crippen LogP) is 9.29. The lowest BCUT2D eigenvalue weighted by atomic mass is 9.92. The maximum Gasteiger partial charge on any atom is 0.239 e. The van der Waals surface area contributed by atoms with Gasteiger partial charge in [0.25, 0.3) is 0 Å². The van der Waals surface area contributed by atoms with Gasteiger partial charge in [-0.15, -0.1) is 0 Å². The van der Waals surface area contributed by atoms with E-state index in [1.54, 1.807) is 0 Å². The van der Waals surface area contributed by atoms with E-state index in [1.165, 1.54) is 40.6 Å². The van der Waals surface area contributed by atoms with E-state index in [2.05, 4.69) is 6.92 Å². The highest BCUT2D eigenvalue weighted by Gasteiger charge is 2.31. The highest BCUT2D eigenvalue weighted by Crippen LogP contribution is 2.47. The fourth-order valence-electron chi connectivity index (χ4n) is 8.97. The molecule has 0 saturated carbocycles. The number of hydrogen-bond donors (Lipinski definition) is 5. The van der Waals surface area contributed by atoms with Crippen LogP contribution in [0.3, 0.4) is 0 Å². The van der Waals surface area contributed by atoms with Crippen molar-refractivity contribution in [1.82, 2.24) is 0 Å². The van der Waals surface area contributed by atoms with E-state index in [4.69, 9.17) is 42.0 Å². The molecule has 0 saturated heterocycles. The van der Waals surface area contributed by atoms with Crippen molar-refractivity contribution in [1.29, 1.82) is 0 Å². The van der Waals surface area contributed by atoms with Crippen molar-refractivity contribution >= 4 is 34.1 Å². The first-order chi connectivity index (χ1) is 33.3. The van der Waals surface area contributed by atoms with Crippen LogP contribution in [-0.4, -0.2) is 85.0 Å². The molecule has 4 heterocycles. The highest BCUT2D eigenvalue weighted by atomic mass is 16.5. The van der Waals surface area contributed by atoms with E-state index < -0.39 is 45.1 Å². The number of aryl methyl sites for hydroxylation is 2. The van der Waals surface area contributed by atoms with Gasteiger partial charge in [-0.3, -0.25) is 9.59 Å². The number of aromatic hydroxyl groups is 4. The number of fused-ring (bicyclic) bond motifs is 4. The minimum absolute atomic E-state index is 0.0540. The minimum Gasteiger partial charge on any atom is -0.504 e. The number of aliphatic hydroxyl groups is 1. The van der Waals surface area contributed by atoms with Crippen molar-refractivity contribution in [3.63, 3.8) is 0 Å². The highest BCUT2D eigenvalue weighted by molar-refractivity contribution is 5.93. The Labute approximate surface area is 403 Å². The Morgan fingerprint density at radius 1 is 0.586 bits per heavy atom. The standard InChI is InChI=1S/C54H58O16/c1-27(10-12-29-18-33(20-31-14-16-53(2,3)69-45(29)31)47-51(64-8)43(60)39-37(67-47)22-35(56)49(62-6)41(39)58)25-66-26-28(24-55)11-13-30-19-34(21-32-15-17-54(4,5)70-46(30)32)48-52(65-9)44(61)40-38(68-48)23-36(57)50(63-7)42(40)59/h14-23,27-28,55-59H,10-13,24-26H2,1-9H3. The lowest BCUT2D eigenvalue weighted by molar-refractivity contribution is 0.0503. The van der Waals surface area contributed by atoms with Crippen molar-refractivity contribution in [3.05, 3.63) is 91.3 Å². The summed E-state index contributed by atoms with van der Waals surface area (Å²) in [5, 5.41) is 52.9. The van der Waals surface area contributed by atoms with Crippen LogP contribution in [0, 0.1) is 11.8 Å². The molecule has 0 aliphatic carbocycles. The van der Waals surface area contributed by atoms with Gasteiger partial charge < -0.3 is 67.5 Å². The Kier molecular flexibility index (Phi) is 13.5. The summed E-state index contributed by atoms with van der Waals surface area (Å²) in [5.74, 6) is -1.37. The van der Waals surface area contributed by atoms with Crippen molar-refractivity contribution in [3.8, 4) is 80.1 Å². The molecule has 0 amide bonds. The third-order valence-corrected chi connectivity index (χ3v) is 12.6. The van der Waals surface area contributed by atoms with Gasteiger partial charge >= 0.3 is 0 Å². The Hall–Kier alpha value is -7.30. The molecular formula is C54H58O16. The molecular weight excluding hydrogens is 905 g/mol. The van der Waals surface area contributed by atoms with Crippen molar-refractivity contribution < 1.29 is 67.5 Å². The van der Waals surface area contributed by atoms with Crippen LogP contribution in [0.25, 0.3) is 56.7 Å². The molecule has 0 spiro atoms. The third kappa shape index (κ3) is 9.28. The van der Waals surface area contributed by atoms with Gasteiger partial charge in [-0.25, -0.2) is 0 Å². The zero-order valence-electron chi connectivity index (χ0n) is 40.6. The summed E-state index contributed by atoms with van der Waals surface area (Å²) < 4.78 is 53.0. The van der Waals surface area contributed by atoms with E-state index in [0.717, 1.165) is 22.3 Å². The number of phenolic OH excluding ortho intramolecular Hbond substituents is 4. The fraction of sp³-hybridized carbons (Fsp3) is 0.370. The predicted molar refractivity (Wildman–Crippen MR) is 263 cm³/mol. The number of rotatable bonds is 17. The first kappa shape index (κ1) is 49.1. The van der Waals surface area contributed by atoms with Crippen LogP contribution in [0.15, 0.2) is 67.0 Å². The summed E-state index contributed by atoms with van der Waals surface area (Å²) in [6, 6.07) is 9.83. The van der Waals surface area contributed by atoms with Crippen LogP contribution in [-0.2, 0) is 17.6 Å². The molecule has 4 aromatic carbocycles. The molecule has 0 radical (unpaired) electrons. The van der Waals surface area contributed by atoms with E-state index in [-0.39, 0.29) is 81.5 Å². The summed E-state index contributed by atoms with van der Waals surface area (Å²) >= 11 is 0. The van der Waals surface area contributed by atoms with E-state index in [0.29, 0.717) is 54.9 Å². The summed E-state index contributed by atoms with van der Waals surface area (Å²) in [5.41, 5.74) is 1.59. The largest absolute Gasteiger partial charge is 0.504 e. The topological polar surface area (TPSA) is 226 Å². The quantitative estimate of drug-likeness (QED) is 0.0574. The molecule has 0 bridgehead atoms. The lowest BCUT2D eigenvalue weighted by Crippen LogP contribution is -2.28. The Morgan fingerprint density at radius 3 is 1.43 bits per heavy atom. The molecule has 0 fully saturated rings. The Balaban J connectivity index is 0.998. The maximum atomic E-state index is 13.8. The number of phenols is 4. The van der Waals surface area contributed by atoms with Gasteiger partial charge in [0.2, 0.25) is 33.9 Å². The average molecular weight is 963 g/mol. The second-order valence-corrected chi connectivity index (χ2v) is 18.8.